The maximum atomic E-state index is 5.52. The van der Waals surface area contributed by atoms with Gasteiger partial charge in [0.05, 0.1) is 6.10 Å². The van der Waals surface area contributed by atoms with Gasteiger partial charge >= 0.3 is 0 Å². The zero-order valence-corrected chi connectivity index (χ0v) is 12.4. The van der Waals surface area contributed by atoms with Crippen molar-refractivity contribution in [3.05, 3.63) is 0 Å². The fourth-order valence-electron chi connectivity index (χ4n) is 1.82. The van der Waals surface area contributed by atoms with E-state index in [1.54, 1.807) is 0 Å². The highest BCUT2D eigenvalue weighted by Crippen LogP contribution is 2.07. The van der Waals surface area contributed by atoms with Crippen molar-refractivity contribution in [2.24, 2.45) is 0 Å². The molecule has 0 aliphatic carbocycles. The second kappa shape index (κ2) is 12.4. The third-order valence-corrected chi connectivity index (χ3v) is 2.82. The van der Waals surface area contributed by atoms with Gasteiger partial charge in [0.25, 0.3) is 0 Å². The number of hydrogen-bond acceptors (Lipinski definition) is 2. The first-order chi connectivity index (χ1) is 8.13. The summed E-state index contributed by atoms with van der Waals surface area (Å²) in [7, 11) is 0. The molecule has 2 heteroatoms. The molecule has 0 spiro atoms. The summed E-state index contributed by atoms with van der Waals surface area (Å²) < 4.78 is 5.52. The molecular weight excluding hydrogens is 210 g/mol. The van der Waals surface area contributed by atoms with E-state index in [0.29, 0.717) is 12.1 Å². The summed E-state index contributed by atoms with van der Waals surface area (Å²) in [4.78, 5) is 0. The first-order valence-electron chi connectivity index (χ1n) is 7.48. The number of rotatable bonds is 12. The average Bonchev–Trinajstić information content (AvgIpc) is 2.25. The Hall–Kier alpha value is -0.0800. The number of hydrogen-bond donors (Lipinski definition) is 1. The smallest absolute Gasteiger partial charge is 0.0518 e. The van der Waals surface area contributed by atoms with Gasteiger partial charge < -0.3 is 10.1 Å². The normalized spacial score (nSPS) is 11.6. The van der Waals surface area contributed by atoms with E-state index < -0.39 is 0 Å². The molecule has 0 aliphatic heterocycles. The number of nitrogens with one attached hydrogen (secondary N) is 1. The van der Waals surface area contributed by atoms with Crippen molar-refractivity contribution in [3.63, 3.8) is 0 Å². The van der Waals surface area contributed by atoms with Crippen LogP contribution in [0.2, 0.25) is 0 Å². The van der Waals surface area contributed by atoms with Crippen LogP contribution >= 0.6 is 0 Å². The first-order valence-corrected chi connectivity index (χ1v) is 7.48. The van der Waals surface area contributed by atoms with Crippen LogP contribution in [0, 0.1) is 0 Å². The molecule has 0 radical (unpaired) electrons. The molecule has 0 saturated heterocycles. The molecule has 0 unspecified atom stereocenters. The van der Waals surface area contributed by atoms with E-state index in [0.717, 1.165) is 6.61 Å². The Labute approximate surface area is 109 Å². The lowest BCUT2D eigenvalue weighted by molar-refractivity contribution is 0.0757. The second-order valence-electron chi connectivity index (χ2n) is 5.50. The van der Waals surface area contributed by atoms with Gasteiger partial charge in [0.2, 0.25) is 0 Å². The highest BCUT2D eigenvalue weighted by atomic mass is 16.5. The molecule has 1 N–H and O–H groups in total. The summed E-state index contributed by atoms with van der Waals surface area (Å²) >= 11 is 0. The summed E-state index contributed by atoms with van der Waals surface area (Å²) in [6.07, 6.45) is 9.82. The molecule has 0 saturated carbocycles. The minimum Gasteiger partial charge on any atom is -0.379 e. The molecule has 0 bridgehead atoms. The van der Waals surface area contributed by atoms with Crippen LogP contribution in [0.15, 0.2) is 0 Å². The fourth-order valence-corrected chi connectivity index (χ4v) is 1.82. The largest absolute Gasteiger partial charge is 0.379 e. The molecule has 0 amide bonds. The van der Waals surface area contributed by atoms with E-state index in [9.17, 15) is 0 Å². The molecule has 17 heavy (non-hydrogen) atoms. The van der Waals surface area contributed by atoms with Crippen LogP contribution in [-0.4, -0.2) is 25.3 Å². The minimum absolute atomic E-state index is 0.392. The predicted octanol–water partition coefficient (Wildman–Crippen LogP) is 4.14. The van der Waals surface area contributed by atoms with E-state index in [1.165, 1.54) is 51.5 Å². The van der Waals surface area contributed by atoms with Crippen molar-refractivity contribution >= 4 is 0 Å². The minimum atomic E-state index is 0.392. The first kappa shape index (κ1) is 16.9. The fraction of sp³-hybridized carbons (Fsp3) is 1.00. The van der Waals surface area contributed by atoms with Crippen molar-refractivity contribution in [2.75, 3.05) is 13.2 Å². The van der Waals surface area contributed by atoms with Gasteiger partial charge in [0.1, 0.15) is 0 Å². The number of ether oxygens (including phenoxy) is 1. The summed E-state index contributed by atoms with van der Waals surface area (Å²) in [5.41, 5.74) is 0. The Morgan fingerprint density at radius 2 is 1.29 bits per heavy atom. The quantitative estimate of drug-likeness (QED) is 0.520. The van der Waals surface area contributed by atoms with Crippen LogP contribution in [-0.2, 0) is 4.74 Å². The molecule has 2 nitrogen and oxygen atoms in total. The Bertz CT molecular complexity index is 130. The van der Waals surface area contributed by atoms with Gasteiger partial charge in [-0.1, -0.05) is 46.0 Å². The van der Waals surface area contributed by atoms with E-state index >= 15 is 0 Å². The Morgan fingerprint density at radius 3 is 1.82 bits per heavy atom. The van der Waals surface area contributed by atoms with Gasteiger partial charge in [0.15, 0.2) is 0 Å². The molecule has 0 fully saturated rings. The van der Waals surface area contributed by atoms with Gasteiger partial charge in [0, 0.05) is 12.6 Å². The van der Waals surface area contributed by atoms with Crippen molar-refractivity contribution in [1.29, 1.82) is 0 Å². The third-order valence-electron chi connectivity index (χ3n) is 2.82. The van der Waals surface area contributed by atoms with E-state index in [-0.39, 0.29) is 0 Å². The molecular formula is C15H33NO. The Morgan fingerprint density at radius 1 is 0.765 bits per heavy atom. The van der Waals surface area contributed by atoms with Crippen LogP contribution in [0.4, 0.5) is 0 Å². The number of unbranched alkanes of at least 4 members (excludes halogenated alkanes) is 6. The summed E-state index contributed by atoms with van der Waals surface area (Å²) in [5.74, 6) is 0. The third kappa shape index (κ3) is 15.9. The Kier molecular flexibility index (Phi) is 12.3. The Balaban J connectivity index is 2.94. The van der Waals surface area contributed by atoms with Gasteiger partial charge in [-0.2, -0.15) is 0 Å². The molecule has 0 atom stereocenters. The van der Waals surface area contributed by atoms with Gasteiger partial charge in [-0.05, 0) is 33.2 Å². The summed E-state index contributed by atoms with van der Waals surface area (Å²) in [5, 5.41) is 3.46. The van der Waals surface area contributed by atoms with E-state index in [1.807, 2.05) is 0 Å². The highest BCUT2D eigenvalue weighted by molar-refractivity contribution is 4.53. The second-order valence-corrected chi connectivity index (χ2v) is 5.50. The van der Waals surface area contributed by atoms with Crippen LogP contribution in [0.5, 0.6) is 0 Å². The lowest BCUT2D eigenvalue weighted by Crippen LogP contribution is -2.23. The van der Waals surface area contributed by atoms with Gasteiger partial charge in [-0.15, -0.1) is 0 Å². The molecule has 0 aliphatic rings. The van der Waals surface area contributed by atoms with Crippen LogP contribution in [0.3, 0.4) is 0 Å². The van der Waals surface area contributed by atoms with E-state index in [4.69, 9.17) is 4.74 Å². The topological polar surface area (TPSA) is 21.3 Å². The lowest BCUT2D eigenvalue weighted by atomic mass is 10.1. The van der Waals surface area contributed by atoms with Crippen LogP contribution in [0.25, 0.3) is 0 Å². The van der Waals surface area contributed by atoms with Crippen molar-refractivity contribution in [2.45, 2.75) is 84.8 Å². The van der Waals surface area contributed by atoms with E-state index in [2.05, 4.69) is 33.0 Å². The van der Waals surface area contributed by atoms with Gasteiger partial charge in [-0.3, -0.25) is 0 Å². The highest BCUT2D eigenvalue weighted by Gasteiger charge is 1.95. The average molecular weight is 243 g/mol. The maximum absolute atomic E-state index is 5.52. The summed E-state index contributed by atoms with van der Waals surface area (Å²) in [6, 6.07) is 0.635. The standard InChI is InChI=1S/C15H33NO/c1-14(2)16-12-10-8-6-5-7-9-11-13-17-15(3)4/h14-16H,5-13H2,1-4H3. The molecule has 0 rings (SSSR count). The SMILES string of the molecule is CC(C)NCCCCCCCCCOC(C)C. The zero-order chi connectivity index (χ0) is 12.9. The van der Waals surface area contributed by atoms with Gasteiger partial charge in [-0.25, -0.2) is 0 Å². The molecule has 0 aromatic heterocycles. The monoisotopic (exact) mass is 243 g/mol. The van der Waals surface area contributed by atoms with Crippen molar-refractivity contribution in [3.8, 4) is 0 Å². The lowest BCUT2D eigenvalue weighted by Gasteiger charge is -2.08. The molecule has 0 aromatic carbocycles. The van der Waals surface area contributed by atoms with Crippen LogP contribution in [0.1, 0.15) is 72.6 Å². The summed E-state index contributed by atoms with van der Waals surface area (Å²) in [6.45, 7) is 10.7. The van der Waals surface area contributed by atoms with Crippen molar-refractivity contribution in [1.82, 2.24) is 5.32 Å². The molecule has 0 heterocycles. The van der Waals surface area contributed by atoms with Crippen molar-refractivity contribution < 1.29 is 4.74 Å². The van der Waals surface area contributed by atoms with Crippen LogP contribution < -0.4 is 5.32 Å². The predicted molar refractivity (Wildman–Crippen MR) is 76.5 cm³/mol. The maximum Gasteiger partial charge on any atom is 0.0518 e. The molecule has 104 valence electrons. The zero-order valence-electron chi connectivity index (χ0n) is 12.4. The molecule has 0 aromatic rings.